The number of anilines is 1. The summed E-state index contributed by atoms with van der Waals surface area (Å²) in [5.41, 5.74) is 1.99. The maximum Gasteiger partial charge on any atom is 0.265 e. The molecule has 0 spiro atoms. The Bertz CT molecular complexity index is 1110. The van der Waals surface area contributed by atoms with Crippen molar-refractivity contribution in [1.29, 1.82) is 0 Å². The third kappa shape index (κ3) is 3.56. The molecule has 3 aromatic heterocycles. The van der Waals surface area contributed by atoms with Crippen LogP contribution in [-0.4, -0.2) is 61.9 Å². The SMILES string of the molecule is O=C(c1cnc(-c2ncccn2)s1)N1CCCN(c2nc3ccccc3[nH]2)CC1. The van der Waals surface area contributed by atoms with Gasteiger partial charge in [0.2, 0.25) is 5.95 Å². The van der Waals surface area contributed by atoms with Crippen LogP contribution in [0.4, 0.5) is 5.95 Å². The lowest BCUT2D eigenvalue weighted by Crippen LogP contribution is -2.35. The zero-order valence-electron chi connectivity index (χ0n) is 15.7. The van der Waals surface area contributed by atoms with E-state index in [9.17, 15) is 4.79 Å². The van der Waals surface area contributed by atoms with Crippen LogP contribution in [0.3, 0.4) is 0 Å². The Morgan fingerprint density at radius 1 is 1.00 bits per heavy atom. The molecule has 0 unspecified atom stereocenters. The fourth-order valence-electron chi connectivity index (χ4n) is 3.46. The summed E-state index contributed by atoms with van der Waals surface area (Å²) in [5.74, 6) is 1.42. The number of nitrogens with zero attached hydrogens (tertiary/aromatic N) is 6. The number of aromatic amines is 1. The number of benzene rings is 1. The molecule has 146 valence electrons. The summed E-state index contributed by atoms with van der Waals surface area (Å²) >= 11 is 1.34. The zero-order chi connectivity index (χ0) is 19.6. The molecule has 1 aliphatic heterocycles. The number of nitrogens with one attached hydrogen (secondary N) is 1. The van der Waals surface area contributed by atoms with Crippen LogP contribution in [0.15, 0.2) is 48.9 Å². The fraction of sp³-hybridized carbons (Fsp3) is 0.250. The van der Waals surface area contributed by atoms with Gasteiger partial charge >= 0.3 is 0 Å². The van der Waals surface area contributed by atoms with Crippen LogP contribution in [0.5, 0.6) is 0 Å². The summed E-state index contributed by atoms with van der Waals surface area (Å²) < 4.78 is 0. The maximum atomic E-state index is 13.0. The molecule has 1 fully saturated rings. The summed E-state index contributed by atoms with van der Waals surface area (Å²) in [6.07, 6.45) is 5.86. The van der Waals surface area contributed by atoms with E-state index >= 15 is 0 Å². The number of thiazole rings is 1. The number of carbonyl (C=O) groups is 1. The van der Waals surface area contributed by atoms with Crippen molar-refractivity contribution in [1.82, 2.24) is 29.8 Å². The van der Waals surface area contributed by atoms with E-state index in [0.29, 0.717) is 28.8 Å². The number of aromatic nitrogens is 5. The minimum atomic E-state index is 0.0103. The molecule has 9 heteroatoms. The first kappa shape index (κ1) is 17.7. The van der Waals surface area contributed by atoms with Gasteiger partial charge in [0, 0.05) is 38.6 Å². The molecule has 29 heavy (non-hydrogen) atoms. The molecule has 4 aromatic rings. The molecule has 1 aromatic carbocycles. The van der Waals surface area contributed by atoms with E-state index in [-0.39, 0.29) is 5.91 Å². The van der Waals surface area contributed by atoms with E-state index in [0.717, 1.165) is 36.5 Å². The first-order valence-corrected chi connectivity index (χ1v) is 10.3. The number of H-pyrrole nitrogens is 1. The molecule has 0 saturated carbocycles. The summed E-state index contributed by atoms with van der Waals surface area (Å²) in [5, 5.41) is 0.660. The first-order chi connectivity index (χ1) is 14.3. The van der Waals surface area contributed by atoms with Crippen molar-refractivity contribution in [2.45, 2.75) is 6.42 Å². The standard InChI is InChI=1S/C20H19N7OS/c28-19(16-13-23-18(29-16)17-21-7-3-8-22-17)26-9-4-10-27(12-11-26)20-24-14-5-1-2-6-15(14)25-20/h1-3,5-8,13H,4,9-12H2,(H,24,25). The van der Waals surface area contributed by atoms with Crippen LogP contribution < -0.4 is 4.90 Å². The van der Waals surface area contributed by atoms with Gasteiger partial charge in [-0.1, -0.05) is 12.1 Å². The Kier molecular flexibility index (Phi) is 4.65. The highest BCUT2D eigenvalue weighted by Gasteiger charge is 2.23. The molecule has 0 bridgehead atoms. The number of para-hydroxylation sites is 2. The van der Waals surface area contributed by atoms with Crippen molar-refractivity contribution in [2.75, 3.05) is 31.1 Å². The van der Waals surface area contributed by atoms with Gasteiger partial charge < -0.3 is 14.8 Å². The number of rotatable bonds is 3. The predicted molar refractivity (Wildman–Crippen MR) is 112 cm³/mol. The van der Waals surface area contributed by atoms with Crippen molar-refractivity contribution >= 4 is 34.2 Å². The number of hydrogen-bond acceptors (Lipinski definition) is 7. The lowest BCUT2D eigenvalue weighted by molar-refractivity contribution is 0.0771. The topological polar surface area (TPSA) is 90.9 Å². The van der Waals surface area contributed by atoms with E-state index < -0.39 is 0 Å². The van der Waals surface area contributed by atoms with Crippen molar-refractivity contribution in [3.05, 3.63) is 53.8 Å². The number of fused-ring (bicyclic) bond motifs is 1. The molecule has 0 atom stereocenters. The minimum absolute atomic E-state index is 0.0103. The molecule has 1 aliphatic rings. The smallest absolute Gasteiger partial charge is 0.265 e. The number of amides is 1. The van der Waals surface area contributed by atoms with Gasteiger partial charge in [-0.15, -0.1) is 11.3 Å². The molecule has 1 saturated heterocycles. The Morgan fingerprint density at radius 2 is 1.86 bits per heavy atom. The van der Waals surface area contributed by atoms with Crippen LogP contribution in [0.2, 0.25) is 0 Å². The van der Waals surface area contributed by atoms with Crippen molar-refractivity contribution in [3.63, 3.8) is 0 Å². The first-order valence-electron chi connectivity index (χ1n) is 9.50. The second kappa shape index (κ2) is 7.59. The van der Waals surface area contributed by atoms with Crippen LogP contribution in [0, 0.1) is 0 Å². The summed E-state index contributed by atoms with van der Waals surface area (Å²) in [7, 11) is 0. The highest BCUT2D eigenvalue weighted by molar-refractivity contribution is 7.16. The van der Waals surface area contributed by atoms with Crippen molar-refractivity contribution in [2.24, 2.45) is 0 Å². The average molecular weight is 405 g/mol. The quantitative estimate of drug-likeness (QED) is 0.564. The van der Waals surface area contributed by atoms with Gasteiger partial charge in [-0.3, -0.25) is 4.79 Å². The van der Waals surface area contributed by atoms with Gasteiger partial charge in [0.15, 0.2) is 10.8 Å². The molecular formula is C20H19N7OS. The van der Waals surface area contributed by atoms with E-state index in [1.807, 2.05) is 29.2 Å². The number of carbonyl (C=O) groups excluding carboxylic acids is 1. The van der Waals surface area contributed by atoms with Crippen LogP contribution in [-0.2, 0) is 0 Å². The largest absolute Gasteiger partial charge is 0.341 e. The van der Waals surface area contributed by atoms with Gasteiger partial charge in [0.05, 0.1) is 17.2 Å². The molecular weight excluding hydrogens is 386 g/mol. The Hall–Kier alpha value is -3.33. The van der Waals surface area contributed by atoms with Crippen LogP contribution in [0.1, 0.15) is 16.1 Å². The molecule has 5 rings (SSSR count). The van der Waals surface area contributed by atoms with Gasteiger partial charge in [0.1, 0.15) is 4.88 Å². The highest BCUT2D eigenvalue weighted by Crippen LogP contribution is 2.24. The molecule has 8 nitrogen and oxygen atoms in total. The fourth-order valence-corrected chi connectivity index (χ4v) is 4.30. The Labute approximate surface area is 171 Å². The lowest BCUT2D eigenvalue weighted by Gasteiger charge is -2.21. The van der Waals surface area contributed by atoms with E-state index in [4.69, 9.17) is 0 Å². The number of imidazole rings is 1. The molecule has 1 amide bonds. The average Bonchev–Trinajstić information content (AvgIpc) is 3.35. The van der Waals surface area contributed by atoms with Crippen LogP contribution in [0.25, 0.3) is 21.9 Å². The predicted octanol–water partition coefficient (Wildman–Crippen LogP) is 2.83. The normalized spacial score (nSPS) is 14.9. The van der Waals surface area contributed by atoms with Gasteiger partial charge in [-0.25, -0.2) is 19.9 Å². The second-order valence-corrected chi connectivity index (χ2v) is 7.84. The molecule has 0 radical (unpaired) electrons. The highest BCUT2D eigenvalue weighted by atomic mass is 32.1. The van der Waals surface area contributed by atoms with Gasteiger partial charge in [-0.2, -0.15) is 0 Å². The van der Waals surface area contributed by atoms with Gasteiger partial charge in [-0.05, 0) is 24.6 Å². The third-order valence-corrected chi connectivity index (χ3v) is 5.91. The van der Waals surface area contributed by atoms with Gasteiger partial charge in [0.25, 0.3) is 5.91 Å². The summed E-state index contributed by atoms with van der Waals surface area (Å²) in [4.78, 5) is 38.5. The van der Waals surface area contributed by atoms with Crippen molar-refractivity contribution < 1.29 is 4.79 Å². The third-order valence-electron chi connectivity index (χ3n) is 4.93. The van der Waals surface area contributed by atoms with E-state index in [1.165, 1.54) is 11.3 Å². The van der Waals surface area contributed by atoms with E-state index in [1.54, 1.807) is 24.7 Å². The number of hydrogen-bond donors (Lipinski definition) is 1. The van der Waals surface area contributed by atoms with Crippen molar-refractivity contribution in [3.8, 4) is 10.8 Å². The molecule has 1 N–H and O–H groups in total. The Morgan fingerprint density at radius 3 is 2.72 bits per heavy atom. The minimum Gasteiger partial charge on any atom is -0.341 e. The molecule has 4 heterocycles. The zero-order valence-corrected chi connectivity index (χ0v) is 16.5. The lowest BCUT2D eigenvalue weighted by atomic mass is 10.3. The summed E-state index contributed by atoms with van der Waals surface area (Å²) in [6, 6.07) is 9.77. The Balaban J connectivity index is 1.29. The molecule has 0 aliphatic carbocycles. The monoisotopic (exact) mass is 405 g/mol. The summed E-state index contributed by atoms with van der Waals surface area (Å²) in [6.45, 7) is 2.95. The van der Waals surface area contributed by atoms with E-state index in [2.05, 4.69) is 29.8 Å². The second-order valence-electron chi connectivity index (χ2n) is 6.81. The maximum absolute atomic E-state index is 13.0. The van der Waals surface area contributed by atoms with Crippen LogP contribution >= 0.6 is 11.3 Å².